The van der Waals surface area contributed by atoms with Gasteiger partial charge in [0.2, 0.25) is 0 Å². The van der Waals surface area contributed by atoms with E-state index in [1.807, 2.05) is 6.92 Å². The SMILES string of the molecule is CC(O)COC1CC(C)(C)N(CC(C)O)C(C)(C)C1. The van der Waals surface area contributed by atoms with Crippen LogP contribution in [0.25, 0.3) is 0 Å². The first-order valence-electron chi connectivity index (χ1n) is 7.30. The summed E-state index contributed by atoms with van der Waals surface area (Å²) in [5, 5.41) is 19.1. The Balaban J connectivity index is 2.75. The molecule has 19 heavy (non-hydrogen) atoms. The van der Waals surface area contributed by atoms with Crippen molar-refractivity contribution in [2.45, 2.75) is 83.8 Å². The predicted octanol–water partition coefficient (Wildman–Crippen LogP) is 1.79. The largest absolute Gasteiger partial charge is 0.392 e. The molecule has 114 valence electrons. The number of aliphatic hydroxyl groups excluding tert-OH is 2. The molecule has 1 aliphatic rings. The highest BCUT2D eigenvalue weighted by molar-refractivity contribution is 5.01. The van der Waals surface area contributed by atoms with Gasteiger partial charge in [0, 0.05) is 17.6 Å². The van der Waals surface area contributed by atoms with Crippen molar-refractivity contribution in [3.63, 3.8) is 0 Å². The Labute approximate surface area is 117 Å². The standard InChI is InChI=1S/C15H31NO3/c1-11(17)9-16-14(3,4)7-13(8-15(16,5)6)19-10-12(2)18/h11-13,17-18H,7-10H2,1-6H3. The van der Waals surface area contributed by atoms with Gasteiger partial charge in [-0.3, -0.25) is 4.90 Å². The molecule has 0 radical (unpaired) electrons. The van der Waals surface area contributed by atoms with Crippen LogP contribution in [0.1, 0.15) is 54.4 Å². The first-order chi connectivity index (χ1) is 8.54. The number of β-amino-alcohol motifs (C(OH)–C–C–N with tert-alkyl or cyclic N) is 1. The molecule has 2 atom stereocenters. The molecule has 0 aromatic heterocycles. The molecule has 1 heterocycles. The van der Waals surface area contributed by atoms with Gasteiger partial charge in [-0.1, -0.05) is 0 Å². The lowest BCUT2D eigenvalue weighted by molar-refractivity contribution is -0.123. The van der Waals surface area contributed by atoms with Crippen LogP contribution in [0.5, 0.6) is 0 Å². The Hall–Kier alpha value is -0.160. The fraction of sp³-hybridized carbons (Fsp3) is 1.00. The Morgan fingerprint density at radius 2 is 1.53 bits per heavy atom. The van der Waals surface area contributed by atoms with Gasteiger partial charge >= 0.3 is 0 Å². The van der Waals surface area contributed by atoms with Crippen LogP contribution in [0.4, 0.5) is 0 Å². The summed E-state index contributed by atoms with van der Waals surface area (Å²) >= 11 is 0. The second kappa shape index (κ2) is 6.08. The van der Waals surface area contributed by atoms with Gasteiger partial charge in [-0.05, 0) is 54.4 Å². The molecule has 4 nitrogen and oxygen atoms in total. The second-order valence-corrected chi connectivity index (χ2v) is 7.30. The molecule has 0 aromatic carbocycles. The monoisotopic (exact) mass is 273 g/mol. The quantitative estimate of drug-likeness (QED) is 0.802. The lowest BCUT2D eigenvalue weighted by Crippen LogP contribution is -2.63. The van der Waals surface area contributed by atoms with Crippen LogP contribution < -0.4 is 0 Å². The zero-order chi connectivity index (χ0) is 14.8. The Kier molecular flexibility index (Phi) is 5.41. The Bertz CT molecular complexity index is 269. The summed E-state index contributed by atoms with van der Waals surface area (Å²) in [6.07, 6.45) is 1.28. The van der Waals surface area contributed by atoms with Crippen molar-refractivity contribution in [3.8, 4) is 0 Å². The summed E-state index contributed by atoms with van der Waals surface area (Å²) in [7, 11) is 0. The van der Waals surface area contributed by atoms with Crippen molar-refractivity contribution in [2.24, 2.45) is 0 Å². The Morgan fingerprint density at radius 3 is 1.89 bits per heavy atom. The third-order valence-corrected chi connectivity index (χ3v) is 3.94. The molecule has 2 N–H and O–H groups in total. The highest BCUT2D eigenvalue weighted by Crippen LogP contribution is 2.39. The van der Waals surface area contributed by atoms with Crippen LogP contribution in [0.15, 0.2) is 0 Å². The summed E-state index contributed by atoms with van der Waals surface area (Å²) in [4.78, 5) is 2.38. The fourth-order valence-electron chi connectivity index (χ4n) is 3.38. The zero-order valence-corrected chi connectivity index (χ0v) is 13.3. The average Bonchev–Trinajstić information content (AvgIpc) is 2.19. The zero-order valence-electron chi connectivity index (χ0n) is 13.3. The summed E-state index contributed by atoms with van der Waals surface area (Å²) in [5.74, 6) is 0. The summed E-state index contributed by atoms with van der Waals surface area (Å²) < 4.78 is 5.83. The third kappa shape index (κ3) is 4.71. The maximum Gasteiger partial charge on any atom is 0.0745 e. The maximum atomic E-state index is 9.71. The van der Waals surface area contributed by atoms with Crippen LogP contribution in [-0.4, -0.2) is 57.7 Å². The maximum absolute atomic E-state index is 9.71. The van der Waals surface area contributed by atoms with E-state index in [1.165, 1.54) is 0 Å². The molecule has 1 fully saturated rings. The number of ether oxygens (including phenoxy) is 1. The number of hydrogen-bond donors (Lipinski definition) is 2. The summed E-state index contributed by atoms with van der Waals surface area (Å²) in [5.41, 5.74) is -0.0236. The van der Waals surface area contributed by atoms with E-state index in [4.69, 9.17) is 4.74 Å². The lowest BCUT2D eigenvalue weighted by Gasteiger charge is -2.55. The minimum Gasteiger partial charge on any atom is -0.392 e. The molecule has 1 aliphatic heterocycles. The molecular formula is C15H31NO3. The van der Waals surface area contributed by atoms with E-state index in [2.05, 4.69) is 32.6 Å². The number of piperidine rings is 1. The van der Waals surface area contributed by atoms with Crippen LogP contribution in [0.2, 0.25) is 0 Å². The van der Waals surface area contributed by atoms with E-state index < -0.39 is 6.10 Å². The average molecular weight is 273 g/mol. The molecule has 1 saturated heterocycles. The van der Waals surface area contributed by atoms with Gasteiger partial charge in [0.1, 0.15) is 0 Å². The number of nitrogens with zero attached hydrogens (tertiary/aromatic N) is 1. The molecule has 0 aromatic rings. The van der Waals surface area contributed by atoms with E-state index in [-0.39, 0.29) is 23.3 Å². The van der Waals surface area contributed by atoms with Gasteiger partial charge < -0.3 is 14.9 Å². The summed E-state index contributed by atoms with van der Waals surface area (Å²) in [6.45, 7) is 13.5. The van der Waals surface area contributed by atoms with Crippen molar-refractivity contribution in [1.82, 2.24) is 4.90 Å². The third-order valence-electron chi connectivity index (χ3n) is 3.94. The van der Waals surface area contributed by atoms with E-state index in [1.54, 1.807) is 6.92 Å². The molecular weight excluding hydrogens is 242 g/mol. The van der Waals surface area contributed by atoms with Crippen LogP contribution in [0.3, 0.4) is 0 Å². The normalized spacial score (nSPS) is 27.2. The molecule has 0 amide bonds. The van der Waals surface area contributed by atoms with Gasteiger partial charge in [-0.25, -0.2) is 0 Å². The van der Waals surface area contributed by atoms with E-state index in [9.17, 15) is 10.2 Å². The van der Waals surface area contributed by atoms with E-state index in [0.29, 0.717) is 13.2 Å². The number of hydrogen-bond acceptors (Lipinski definition) is 4. The molecule has 2 unspecified atom stereocenters. The topological polar surface area (TPSA) is 52.9 Å². The van der Waals surface area contributed by atoms with E-state index in [0.717, 1.165) is 12.8 Å². The van der Waals surface area contributed by atoms with Gasteiger partial charge in [0.05, 0.1) is 24.9 Å². The first-order valence-corrected chi connectivity index (χ1v) is 7.30. The molecule has 4 heteroatoms. The molecule has 0 saturated carbocycles. The predicted molar refractivity (Wildman–Crippen MR) is 77.2 cm³/mol. The van der Waals surface area contributed by atoms with Crippen molar-refractivity contribution >= 4 is 0 Å². The molecule has 0 spiro atoms. The van der Waals surface area contributed by atoms with Crippen LogP contribution in [0, 0.1) is 0 Å². The molecule has 1 rings (SSSR count). The van der Waals surface area contributed by atoms with Crippen molar-refractivity contribution in [3.05, 3.63) is 0 Å². The molecule has 0 bridgehead atoms. The van der Waals surface area contributed by atoms with Crippen molar-refractivity contribution < 1.29 is 14.9 Å². The highest BCUT2D eigenvalue weighted by atomic mass is 16.5. The van der Waals surface area contributed by atoms with Gasteiger partial charge in [-0.2, -0.15) is 0 Å². The van der Waals surface area contributed by atoms with Crippen LogP contribution >= 0.6 is 0 Å². The number of likely N-dealkylation sites (tertiary alicyclic amines) is 1. The van der Waals surface area contributed by atoms with Crippen molar-refractivity contribution in [2.75, 3.05) is 13.2 Å². The second-order valence-electron chi connectivity index (χ2n) is 7.30. The minimum absolute atomic E-state index is 0.0118. The van der Waals surface area contributed by atoms with E-state index >= 15 is 0 Å². The highest BCUT2D eigenvalue weighted by Gasteiger charge is 2.45. The summed E-state index contributed by atoms with van der Waals surface area (Å²) in [6, 6.07) is 0. The van der Waals surface area contributed by atoms with Gasteiger partial charge in [0.25, 0.3) is 0 Å². The minimum atomic E-state index is -0.415. The Morgan fingerprint density at radius 1 is 1.05 bits per heavy atom. The van der Waals surface area contributed by atoms with Crippen LogP contribution in [-0.2, 0) is 4.74 Å². The smallest absolute Gasteiger partial charge is 0.0745 e. The number of rotatable bonds is 5. The number of aliphatic hydroxyl groups is 2. The lowest BCUT2D eigenvalue weighted by atomic mass is 9.78. The van der Waals surface area contributed by atoms with Gasteiger partial charge in [-0.15, -0.1) is 0 Å². The van der Waals surface area contributed by atoms with Gasteiger partial charge in [0.15, 0.2) is 0 Å². The first kappa shape index (κ1) is 16.9. The van der Waals surface area contributed by atoms with Crippen molar-refractivity contribution in [1.29, 1.82) is 0 Å². The molecule has 0 aliphatic carbocycles. The fourth-order valence-corrected chi connectivity index (χ4v) is 3.38.